The maximum absolute atomic E-state index is 13.0. The van der Waals surface area contributed by atoms with Crippen LogP contribution in [0.25, 0.3) is 11.1 Å². The Kier molecular flexibility index (Phi) is 8.21. The summed E-state index contributed by atoms with van der Waals surface area (Å²) in [7, 11) is 1.32. The molecule has 0 bridgehead atoms. The summed E-state index contributed by atoms with van der Waals surface area (Å²) in [6.07, 6.45) is -4.16. The van der Waals surface area contributed by atoms with Gasteiger partial charge in [0.25, 0.3) is 0 Å². The Morgan fingerprint density at radius 1 is 1.26 bits per heavy atom. The van der Waals surface area contributed by atoms with Gasteiger partial charge in [0.2, 0.25) is 0 Å². The van der Waals surface area contributed by atoms with Gasteiger partial charge in [-0.2, -0.15) is 18.3 Å². The molecule has 0 saturated heterocycles. The molecular weight excluding hydrogens is 509 g/mol. The van der Waals surface area contributed by atoms with Gasteiger partial charge < -0.3 is 15.4 Å². The smallest absolute Gasteiger partial charge is 0.436 e. The van der Waals surface area contributed by atoms with Crippen LogP contribution < -0.4 is 10.6 Å². The summed E-state index contributed by atoms with van der Waals surface area (Å²) in [6, 6.07) is 9.49. The molecule has 2 heterocycles. The van der Waals surface area contributed by atoms with Crippen LogP contribution >= 0.6 is 35.2 Å². The highest BCUT2D eigenvalue weighted by Crippen LogP contribution is 2.40. The molecule has 6 nitrogen and oxygen atoms in total. The molecule has 0 saturated carbocycles. The topological polar surface area (TPSA) is 68.2 Å². The fourth-order valence-electron chi connectivity index (χ4n) is 3.38. The molecule has 12 heteroatoms. The lowest BCUT2D eigenvalue weighted by atomic mass is 10.0. The van der Waals surface area contributed by atoms with Crippen LogP contribution in [0, 0.1) is 13.8 Å². The van der Waals surface area contributed by atoms with E-state index in [4.69, 9.17) is 28.6 Å². The zero-order chi connectivity index (χ0) is 25.0. The van der Waals surface area contributed by atoms with Crippen LogP contribution in [-0.2, 0) is 17.5 Å². The number of thiocarbonyl (C=S) groups is 1. The molecule has 0 aliphatic carbocycles. The van der Waals surface area contributed by atoms with Crippen LogP contribution in [0.2, 0.25) is 5.02 Å². The molecule has 0 aliphatic rings. The fourth-order valence-corrected chi connectivity index (χ4v) is 4.96. The SMILES string of the molecule is COC(=O)c1c(NC(=S)NCCCn2nc(C(F)(F)F)c(Cl)c2C)sc(C)c1-c1ccccc1. The zero-order valence-corrected chi connectivity index (χ0v) is 20.9. The van der Waals surface area contributed by atoms with Crippen molar-refractivity contribution >= 4 is 51.2 Å². The van der Waals surface area contributed by atoms with E-state index in [0.717, 1.165) is 16.0 Å². The summed E-state index contributed by atoms with van der Waals surface area (Å²) < 4.78 is 45.1. The number of aromatic nitrogens is 2. The number of hydrogen-bond donors (Lipinski definition) is 2. The number of esters is 1. The molecule has 0 aliphatic heterocycles. The highest BCUT2D eigenvalue weighted by Gasteiger charge is 2.38. The summed E-state index contributed by atoms with van der Waals surface area (Å²) in [5, 5.41) is 10.1. The minimum absolute atomic E-state index is 0.223. The van der Waals surface area contributed by atoms with E-state index in [1.54, 1.807) is 0 Å². The molecule has 0 fully saturated rings. The Morgan fingerprint density at radius 3 is 2.53 bits per heavy atom. The molecule has 1 aromatic carbocycles. The summed E-state index contributed by atoms with van der Waals surface area (Å²) in [5.41, 5.74) is 1.21. The van der Waals surface area contributed by atoms with E-state index in [1.165, 1.54) is 30.1 Å². The van der Waals surface area contributed by atoms with E-state index < -0.39 is 22.9 Å². The minimum Gasteiger partial charge on any atom is -0.465 e. The number of ether oxygens (including phenoxy) is 1. The van der Waals surface area contributed by atoms with E-state index >= 15 is 0 Å². The van der Waals surface area contributed by atoms with Gasteiger partial charge in [-0.3, -0.25) is 4.68 Å². The molecule has 34 heavy (non-hydrogen) atoms. The second-order valence-electron chi connectivity index (χ2n) is 7.30. The number of nitrogens with one attached hydrogen (secondary N) is 2. The van der Waals surface area contributed by atoms with Gasteiger partial charge >= 0.3 is 12.1 Å². The highest BCUT2D eigenvalue weighted by atomic mass is 35.5. The first kappa shape index (κ1) is 26.0. The predicted molar refractivity (Wildman–Crippen MR) is 132 cm³/mol. The monoisotopic (exact) mass is 530 g/mol. The van der Waals surface area contributed by atoms with Gasteiger partial charge in [0.05, 0.1) is 17.8 Å². The lowest BCUT2D eigenvalue weighted by molar-refractivity contribution is -0.141. The normalized spacial score (nSPS) is 11.4. The summed E-state index contributed by atoms with van der Waals surface area (Å²) in [4.78, 5) is 13.5. The van der Waals surface area contributed by atoms with Crippen molar-refractivity contribution in [3.63, 3.8) is 0 Å². The number of anilines is 1. The van der Waals surface area contributed by atoms with E-state index in [0.29, 0.717) is 23.5 Å². The lowest BCUT2D eigenvalue weighted by Crippen LogP contribution is -2.30. The van der Waals surface area contributed by atoms with Crippen molar-refractivity contribution in [3.05, 3.63) is 57.2 Å². The summed E-state index contributed by atoms with van der Waals surface area (Å²) in [6.45, 7) is 3.99. The molecule has 0 spiro atoms. The number of carbonyl (C=O) groups is 1. The molecule has 0 radical (unpaired) electrons. The summed E-state index contributed by atoms with van der Waals surface area (Å²) >= 11 is 12.5. The molecule has 182 valence electrons. The van der Waals surface area contributed by atoms with Gasteiger partial charge in [0, 0.05) is 23.5 Å². The van der Waals surface area contributed by atoms with Gasteiger partial charge in [-0.15, -0.1) is 11.3 Å². The maximum Gasteiger partial charge on any atom is 0.436 e. The van der Waals surface area contributed by atoms with Crippen molar-refractivity contribution in [2.45, 2.75) is 33.0 Å². The number of hydrogen-bond acceptors (Lipinski definition) is 5. The second kappa shape index (κ2) is 10.7. The standard InChI is InChI=1S/C22H22ClF3N4O2S2/c1-12-17(23)18(22(24,25)26)29-30(12)11-7-10-27-21(33)28-19-16(20(31)32-3)15(13(2)34-19)14-8-5-4-6-9-14/h4-6,8-9H,7,10-11H2,1-3H3,(H2,27,28,33). The van der Waals surface area contributed by atoms with Gasteiger partial charge in [-0.05, 0) is 38.0 Å². The van der Waals surface area contributed by atoms with Gasteiger partial charge in [-0.1, -0.05) is 41.9 Å². The molecule has 0 atom stereocenters. The number of aryl methyl sites for hydroxylation is 2. The van der Waals surface area contributed by atoms with Crippen molar-refractivity contribution < 1.29 is 22.7 Å². The van der Waals surface area contributed by atoms with Crippen LogP contribution in [-0.4, -0.2) is 34.5 Å². The third kappa shape index (κ3) is 5.70. The Bertz CT molecular complexity index is 1190. The van der Waals surface area contributed by atoms with Crippen molar-refractivity contribution in [1.29, 1.82) is 0 Å². The van der Waals surface area contributed by atoms with Gasteiger partial charge in [0.1, 0.15) is 10.6 Å². The highest BCUT2D eigenvalue weighted by molar-refractivity contribution is 7.80. The van der Waals surface area contributed by atoms with Gasteiger partial charge in [0.15, 0.2) is 10.8 Å². The number of alkyl halides is 3. The number of rotatable bonds is 7. The lowest BCUT2D eigenvalue weighted by Gasteiger charge is -2.12. The number of nitrogens with zero attached hydrogens (tertiary/aromatic N) is 2. The van der Waals surface area contributed by atoms with Crippen molar-refractivity contribution in [3.8, 4) is 11.1 Å². The summed E-state index contributed by atoms with van der Waals surface area (Å²) in [5.74, 6) is -0.486. The largest absolute Gasteiger partial charge is 0.465 e. The first-order chi connectivity index (χ1) is 16.0. The van der Waals surface area contributed by atoms with Crippen LogP contribution in [0.4, 0.5) is 18.2 Å². The average molecular weight is 531 g/mol. The second-order valence-corrected chi connectivity index (χ2v) is 9.31. The van der Waals surface area contributed by atoms with Crippen molar-refractivity contribution in [2.24, 2.45) is 0 Å². The van der Waals surface area contributed by atoms with E-state index in [2.05, 4.69) is 15.7 Å². The Hall–Kier alpha value is -2.63. The van der Waals surface area contributed by atoms with E-state index in [9.17, 15) is 18.0 Å². The predicted octanol–water partition coefficient (Wildman–Crippen LogP) is 6.06. The first-order valence-electron chi connectivity index (χ1n) is 10.2. The molecule has 3 rings (SSSR count). The Labute approximate surface area is 209 Å². The average Bonchev–Trinajstić information content (AvgIpc) is 3.27. The molecular formula is C22H22ClF3N4O2S2. The number of methoxy groups -OCH3 is 1. The Balaban J connectivity index is 1.65. The van der Waals surface area contributed by atoms with Crippen LogP contribution in [0.15, 0.2) is 30.3 Å². The number of thiophene rings is 1. The van der Waals surface area contributed by atoms with Gasteiger partial charge in [-0.25, -0.2) is 4.79 Å². The molecule has 3 aromatic rings. The quantitative estimate of drug-likeness (QED) is 0.220. The third-order valence-electron chi connectivity index (χ3n) is 5.00. The Morgan fingerprint density at radius 2 is 1.94 bits per heavy atom. The van der Waals surface area contributed by atoms with Crippen LogP contribution in [0.5, 0.6) is 0 Å². The molecule has 2 N–H and O–H groups in total. The molecule has 0 unspecified atom stereocenters. The molecule has 0 amide bonds. The molecule has 2 aromatic heterocycles. The number of carbonyl (C=O) groups excluding carboxylic acids is 1. The maximum atomic E-state index is 13.0. The zero-order valence-electron chi connectivity index (χ0n) is 18.5. The van der Waals surface area contributed by atoms with E-state index in [-0.39, 0.29) is 17.4 Å². The first-order valence-corrected chi connectivity index (χ1v) is 11.8. The van der Waals surface area contributed by atoms with Crippen LogP contribution in [0.3, 0.4) is 0 Å². The third-order valence-corrected chi connectivity index (χ3v) is 6.72. The number of halogens is 4. The fraction of sp³-hybridized carbons (Fsp3) is 0.318. The number of benzene rings is 1. The van der Waals surface area contributed by atoms with Crippen molar-refractivity contribution in [1.82, 2.24) is 15.1 Å². The van der Waals surface area contributed by atoms with Crippen molar-refractivity contribution in [2.75, 3.05) is 19.0 Å². The van der Waals surface area contributed by atoms with E-state index in [1.807, 2.05) is 37.3 Å². The van der Waals surface area contributed by atoms with Crippen LogP contribution in [0.1, 0.15) is 33.0 Å². The minimum atomic E-state index is -4.61.